The summed E-state index contributed by atoms with van der Waals surface area (Å²) in [6.45, 7) is 0.216. The Balaban J connectivity index is 2.28. The molecule has 15 heavy (non-hydrogen) atoms. The summed E-state index contributed by atoms with van der Waals surface area (Å²) in [6, 6.07) is 4.07. The molecule has 1 heterocycles. The van der Waals surface area contributed by atoms with Gasteiger partial charge in [0.2, 0.25) is 0 Å². The minimum atomic E-state index is -0.847. The van der Waals surface area contributed by atoms with Crippen LogP contribution in [0.25, 0.3) is 0 Å². The molecule has 0 saturated carbocycles. The number of nitrogens with zero attached hydrogens (tertiary/aromatic N) is 2. The molecule has 0 bridgehead atoms. The van der Waals surface area contributed by atoms with Crippen molar-refractivity contribution in [1.29, 1.82) is 0 Å². The summed E-state index contributed by atoms with van der Waals surface area (Å²) in [6.07, 6.45) is 3.03. The van der Waals surface area contributed by atoms with Gasteiger partial charge >= 0.3 is 0 Å². The summed E-state index contributed by atoms with van der Waals surface area (Å²) in [4.78, 5) is 3.79. The van der Waals surface area contributed by atoms with E-state index in [1.165, 1.54) is 18.5 Å². The van der Waals surface area contributed by atoms with Crippen molar-refractivity contribution in [2.24, 2.45) is 0 Å². The fraction of sp³-hybridized carbons (Fsp3) is 0.100. The number of halogens is 2. The van der Waals surface area contributed by atoms with Crippen LogP contribution < -0.4 is 5.73 Å². The van der Waals surface area contributed by atoms with Crippen LogP contribution in [0.3, 0.4) is 0 Å². The fourth-order valence-electron chi connectivity index (χ4n) is 1.33. The lowest BCUT2D eigenvalue weighted by Gasteiger charge is -2.04. The molecule has 1 aromatic carbocycles. The molecule has 2 rings (SSSR count). The first kappa shape index (κ1) is 9.64. The molecule has 0 aliphatic heterocycles. The Labute approximate surface area is 85.2 Å². The number of anilines is 1. The largest absolute Gasteiger partial charge is 0.382 e. The standard InChI is InChI=1S/C10H9F2N3/c11-8-3-1-2-7(10(8)12)4-15-5-9(13)14-6-15/h1-3,5-6H,4,13H2. The van der Waals surface area contributed by atoms with E-state index in [-0.39, 0.29) is 12.1 Å². The third kappa shape index (κ3) is 1.96. The number of imidazole rings is 1. The van der Waals surface area contributed by atoms with E-state index in [0.717, 1.165) is 6.07 Å². The van der Waals surface area contributed by atoms with Gasteiger partial charge in [0.05, 0.1) is 12.9 Å². The summed E-state index contributed by atoms with van der Waals surface area (Å²) < 4.78 is 27.7. The molecule has 0 radical (unpaired) electrons. The molecular weight excluding hydrogens is 200 g/mol. The monoisotopic (exact) mass is 209 g/mol. The van der Waals surface area contributed by atoms with E-state index in [1.807, 2.05) is 0 Å². The topological polar surface area (TPSA) is 43.8 Å². The van der Waals surface area contributed by atoms with E-state index >= 15 is 0 Å². The Morgan fingerprint density at radius 2 is 2.13 bits per heavy atom. The molecule has 0 aliphatic carbocycles. The molecule has 0 unspecified atom stereocenters. The van der Waals surface area contributed by atoms with Gasteiger partial charge in [-0.1, -0.05) is 12.1 Å². The van der Waals surface area contributed by atoms with Gasteiger partial charge < -0.3 is 10.3 Å². The van der Waals surface area contributed by atoms with Gasteiger partial charge in [-0.2, -0.15) is 0 Å². The Morgan fingerprint density at radius 3 is 2.80 bits per heavy atom. The zero-order valence-electron chi connectivity index (χ0n) is 7.82. The first-order chi connectivity index (χ1) is 7.16. The van der Waals surface area contributed by atoms with Crippen LogP contribution in [0.2, 0.25) is 0 Å². The Morgan fingerprint density at radius 1 is 1.33 bits per heavy atom. The molecule has 2 N–H and O–H groups in total. The third-order valence-corrected chi connectivity index (χ3v) is 2.04. The normalized spacial score (nSPS) is 10.5. The number of hydrogen-bond acceptors (Lipinski definition) is 2. The molecule has 3 nitrogen and oxygen atoms in total. The highest BCUT2D eigenvalue weighted by Crippen LogP contribution is 2.13. The van der Waals surface area contributed by atoms with E-state index in [4.69, 9.17) is 5.73 Å². The van der Waals surface area contributed by atoms with Crippen LogP contribution in [0.4, 0.5) is 14.6 Å². The van der Waals surface area contributed by atoms with Gasteiger partial charge in [0, 0.05) is 11.8 Å². The minimum absolute atomic E-state index is 0.216. The van der Waals surface area contributed by atoms with Gasteiger partial charge in [-0.15, -0.1) is 0 Å². The molecule has 0 spiro atoms. The average molecular weight is 209 g/mol. The van der Waals surface area contributed by atoms with Gasteiger partial charge in [0.15, 0.2) is 11.6 Å². The Hall–Kier alpha value is -1.91. The molecule has 0 amide bonds. The van der Waals surface area contributed by atoms with Crippen LogP contribution in [0.1, 0.15) is 5.56 Å². The van der Waals surface area contributed by atoms with Crippen molar-refractivity contribution in [3.63, 3.8) is 0 Å². The Bertz CT molecular complexity index is 479. The van der Waals surface area contributed by atoms with Crippen molar-refractivity contribution in [3.8, 4) is 0 Å². The fourth-order valence-corrected chi connectivity index (χ4v) is 1.33. The number of rotatable bonds is 2. The number of benzene rings is 1. The van der Waals surface area contributed by atoms with E-state index in [9.17, 15) is 8.78 Å². The lowest BCUT2D eigenvalue weighted by molar-refractivity contribution is 0.495. The number of nitrogen functional groups attached to an aromatic ring is 1. The number of aromatic nitrogens is 2. The Kier molecular flexibility index (Phi) is 2.37. The predicted molar refractivity (Wildman–Crippen MR) is 52.1 cm³/mol. The molecule has 0 saturated heterocycles. The van der Waals surface area contributed by atoms with Gasteiger partial charge in [-0.3, -0.25) is 0 Å². The second kappa shape index (κ2) is 3.68. The van der Waals surface area contributed by atoms with E-state index in [2.05, 4.69) is 4.98 Å². The highest BCUT2D eigenvalue weighted by atomic mass is 19.2. The third-order valence-electron chi connectivity index (χ3n) is 2.04. The van der Waals surface area contributed by atoms with Crippen molar-refractivity contribution in [1.82, 2.24) is 9.55 Å². The first-order valence-corrected chi connectivity index (χ1v) is 4.37. The molecule has 0 fully saturated rings. The van der Waals surface area contributed by atoms with Crippen LogP contribution in [0, 0.1) is 11.6 Å². The smallest absolute Gasteiger partial charge is 0.163 e. The molecular formula is C10H9F2N3. The van der Waals surface area contributed by atoms with Crippen molar-refractivity contribution >= 4 is 5.82 Å². The van der Waals surface area contributed by atoms with Gasteiger partial charge in [0.25, 0.3) is 0 Å². The van der Waals surface area contributed by atoms with Crippen LogP contribution in [0.5, 0.6) is 0 Å². The van der Waals surface area contributed by atoms with E-state index < -0.39 is 11.6 Å². The zero-order chi connectivity index (χ0) is 10.8. The van der Waals surface area contributed by atoms with Crippen molar-refractivity contribution in [2.75, 3.05) is 5.73 Å². The lowest BCUT2D eigenvalue weighted by atomic mass is 10.2. The van der Waals surface area contributed by atoms with Gasteiger partial charge in [-0.05, 0) is 6.07 Å². The van der Waals surface area contributed by atoms with Crippen LogP contribution in [0.15, 0.2) is 30.7 Å². The van der Waals surface area contributed by atoms with Crippen molar-refractivity contribution < 1.29 is 8.78 Å². The lowest BCUT2D eigenvalue weighted by Crippen LogP contribution is -2.01. The van der Waals surface area contributed by atoms with Crippen molar-refractivity contribution in [3.05, 3.63) is 47.9 Å². The summed E-state index contributed by atoms with van der Waals surface area (Å²) in [7, 11) is 0. The van der Waals surface area contributed by atoms with Crippen LogP contribution in [-0.4, -0.2) is 9.55 Å². The maximum absolute atomic E-state index is 13.3. The summed E-state index contributed by atoms with van der Waals surface area (Å²) in [5.41, 5.74) is 5.67. The summed E-state index contributed by atoms with van der Waals surface area (Å²) >= 11 is 0. The first-order valence-electron chi connectivity index (χ1n) is 4.37. The summed E-state index contributed by atoms with van der Waals surface area (Å²) in [5.74, 6) is -1.32. The van der Waals surface area contributed by atoms with Gasteiger partial charge in [0.1, 0.15) is 5.82 Å². The zero-order valence-corrected chi connectivity index (χ0v) is 7.82. The molecule has 0 atom stereocenters. The average Bonchev–Trinajstić information content (AvgIpc) is 2.59. The second-order valence-electron chi connectivity index (χ2n) is 3.18. The van der Waals surface area contributed by atoms with Gasteiger partial charge in [-0.25, -0.2) is 13.8 Å². The minimum Gasteiger partial charge on any atom is -0.382 e. The molecule has 2 aromatic rings. The summed E-state index contributed by atoms with van der Waals surface area (Å²) in [5, 5.41) is 0. The molecule has 1 aromatic heterocycles. The maximum atomic E-state index is 13.3. The highest BCUT2D eigenvalue weighted by Gasteiger charge is 2.07. The molecule has 78 valence electrons. The molecule has 5 heteroatoms. The second-order valence-corrected chi connectivity index (χ2v) is 3.18. The predicted octanol–water partition coefficient (Wildman–Crippen LogP) is 1.79. The van der Waals surface area contributed by atoms with E-state index in [0.29, 0.717) is 5.82 Å². The number of hydrogen-bond donors (Lipinski definition) is 1. The van der Waals surface area contributed by atoms with Crippen molar-refractivity contribution in [2.45, 2.75) is 6.54 Å². The maximum Gasteiger partial charge on any atom is 0.163 e. The number of nitrogens with two attached hydrogens (primary N) is 1. The highest BCUT2D eigenvalue weighted by molar-refractivity contribution is 5.24. The quantitative estimate of drug-likeness (QED) is 0.819. The van der Waals surface area contributed by atoms with Crippen LogP contribution in [-0.2, 0) is 6.54 Å². The SMILES string of the molecule is Nc1cn(Cc2cccc(F)c2F)cn1. The molecule has 0 aliphatic rings. The van der Waals surface area contributed by atoms with E-state index in [1.54, 1.807) is 10.8 Å². The van der Waals surface area contributed by atoms with Crippen LogP contribution >= 0.6 is 0 Å².